The molecule has 2 aliphatic rings. The number of fused-ring (bicyclic) bond motifs is 1. The number of carbonyl (C=O) groups excluding carboxylic acids is 1. The number of carbonyl (C=O) groups is 1. The number of ether oxygens (including phenoxy) is 2. The quantitative estimate of drug-likeness (QED) is 0.419. The molecular formula is C24H24ClF3N4O4. The molecule has 5 rings (SSSR count). The van der Waals surface area contributed by atoms with E-state index in [1.165, 1.54) is 0 Å². The molecule has 192 valence electrons. The van der Waals surface area contributed by atoms with Crippen LogP contribution in [-0.2, 0) is 20.9 Å². The Morgan fingerprint density at radius 1 is 1.08 bits per heavy atom. The van der Waals surface area contributed by atoms with Crippen molar-refractivity contribution in [3.05, 3.63) is 47.1 Å². The van der Waals surface area contributed by atoms with Crippen LogP contribution >= 0.6 is 11.6 Å². The predicted octanol–water partition coefficient (Wildman–Crippen LogP) is 5.77. The van der Waals surface area contributed by atoms with Crippen LogP contribution in [0.1, 0.15) is 56.2 Å². The summed E-state index contributed by atoms with van der Waals surface area (Å²) >= 11 is 6.01. The lowest BCUT2D eigenvalue weighted by Gasteiger charge is -2.34. The number of hydrogen-bond donors (Lipinski definition) is 1. The minimum absolute atomic E-state index is 0.0408. The van der Waals surface area contributed by atoms with Gasteiger partial charge in [0, 0.05) is 35.1 Å². The summed E-state index contributed by atoms with van der Waals surface area (Å²) in [4.78, 5) is 17.3. The van der Waals surface area contributed by atoms with Crippen LogP contribution in [0.5, 0.6) is 0 Å². The zero-order valence-corrected chi connectivity index (χ0v) is 19.9. The second kappa shape index (κ2) is 10.3. The molecule has 2 heterocycles. The molecule has 1 amide bonds. The Morgan fingerprint density at radius 3 is 2.61 bits per heavy atom. The predicted molar refractivity (Wildman–Crippen MR) is 123 cm³/mol. The molecule has 0 aliphatic heterocycles. The molecule has 0 atom stereocenters. The molecule has 1 N–H and O–H groups in total. The highest BCUT2D eigenvalue weighted by molar-refractivity contribution is 6.31. The molecule has 2 aliphatic carbocycles. The molecule has 12 heteroatoms. The first kappa shape index (κ1) is 24.9. The van der Waals surface area contributed by atoms with Gasteiger partial charge in [0.25, 0.3) is 0 Å². The van der Waals surface area contributed by atoms with Crippen LogP contribution in [0.15, 0.2) is 34.7 Å². The Morgan fingerprint density at radius 2 is 1.86 bits per heavy atom. The fraction of sp³-hybridized carbons (Fsp3) is 0.500. The Labute approximate surface area is 209 Å². The first-order chi connectivity index (χ1) is 17.2. The third-order valence-corrected chi connectivity index (χ3v) is 6.86. The molecule has 0 spiro atoms. The van der Waals surface area contributed by atoms with Crippen LogP contribution in [0.2, 0.25) is 5.02 Å². The van der Waals surface area contributed by atoms with Gasteiger partial charge in [-0.3, -0.25) is 9.53 Å². The van der Waals surface area contributed by atoms with Crippen molar-refractivity contribution in [2.75, 3.05) is 5.32 Å². The summed E-state index contributed by atoms with van der Waals surface area (Å²) < 4.78 is 51.8. The lowest BCUT2D eigenvalue weighted by molar-refractivity contribution is -0.357. The zero-order valence-electron chi connectivity index (χ0n) is 19.1. The van der Waals surface area contributed by atoms with Crippen molar-refractivity contribution in [3.8, 4) is 0 Å². The van der Waals surface area contributed by atoms with Crippen molar-refractivity contribution < 1.29 is 31.9 Å². The lowest BCUT2D eigenvalue weighted by atomic mass is 9.81. The van der Waals surface area contributed by atoms with Gasteiger partial charge in [-0.25, -0.2) is 4.98 Å². The Hall–Kier alpha value is -2.76. The third kappa shape index (κ3) is 6.13. The van der Waals surface area contributed by atoms with Gasteiger partial charge in [-0.1, -0.05) is 11.6 Å². The van der Waals surface area contributed by atoms with Gasteiger partial charge in [-0.05, 0) is 56.0 Å². The number of amides is 1. The molecular weight excluding hydrogens is 501 g/mol. The normalized spacial score (nSPS) is 24.4. The number of benzene rings is 1. The summed E-state index contributed by atoms with van der Waals surface area (Å²) in [6.45, 7) is 0.0408. The van der Waals surface area contributed by atoms with E-state index in [1.54, 1.807) is 12.1 Å². The monoisotopic (exact) mass is 524 g/mol. The van der Waals surface area contributed by atoms with E-state index in [9.17, 15) is 18.0 Å². The highest BCUT2D eigenvalue weighted by atomic mass is 35.5. The SMILES string of the molecule is O=C(Nc1ccc2cc(Cl)ccc2n1)[C@H]1CC[C@H](c2nnc(CO[C@H]3C[C@@H](OC(F)(F)F)C3)o2)CC1. The lowest BCUT2D eigenvalue weighted by Crippen LogP contribution is -2.40. The van der Waals surface area contributed by atoms with Gasteiger partial charge in [0.05, 0.1) is 17.7 Å². The van der Waals surface area contributed by atoms with Gasteiger partial charge in [0.15, 0.2) is 0 Å². The highest BCUT2D eigenvalue weighted by Crippen LogP contribution is 2.36. The number of hydrogen-bond acceptors (Lipinski definition) is 7. The third-order valence-electron chi connectivity index (χ3n) is 6.63. The molecule has 36 heavy (non-hydrogen) atoms. The van der Waals surface area contributed by atoms with E-state index in [0.29, 0.717) is 29.6 Å². The van der Waals surface area contributed by atoms with Gasteiger partial charge < -0.3 is 14.5 Å². The molecule has 3 aromatic rings. The smallest absolute Gasteiger partial charge is 0.422 e. The number of rotatable bonds is 7. The van der Waals surface area contributed by atoms with E-state index in [2.05, 4.69) is 25.2 Å². The maximum Gasteiger partial charge on any atom is 0.522 e. The Bertz CT molecular complexity index is 1220. The fourth-order valence-electron chi connectivity index (χ4n) is 4.61. The first-order valence-electron chi connectivity index (χ1n) is 11.8. The van der Waals surface area contributed by atoms with E-state index in [4.69, 9.17) is 20.8 Å². The number of anilines is 1. The molecule has 8 nitrogen and oxygen atoms in total. The van der Waals surface area contributed by atoms with E-state index in [0.717, 1.165) is 23.7 Å². The first-order valence-corrected chi connectivity index (χ1v) is 12.2. The van der Waals surface area contributed by atoms with Crippen LogP contribution in [-0.4, -0.2) is 39.7 Å². The number of nitrogens with one attached hydrogen (secondary N) is 1. The Balaban J connectivity index is 1.06. The van der Waals surface area contributed by atoms with Gasteiger partial charge in [-0.15, -0.1) is 23.4 Å². The van der Waals surface area contributed by atoms with Gasteiger partial charge in [0.1, 0.15) is 12.4 Å². The standard InChI is InChI=1S/C24H24ClF3N4O4/c25-16-6-7-19-15(9-16)5-8-20(29-19)30-22(33)13-1-3-14(4-2-13)23-32-31-21(35-23)12-34-17-10-18(11-17)36-24(26,27)28/h5-9,13-14,17-18H,1-4,10-12H2,(H,29,30,33)/t13-,14-,17-,18+. The van der Waals surface area contributed by atoms with Crippen molar-refractivity contribution in [2.45, 2.75) is 69.6 Å². The number of alkyl halides is 3. The topological polar surface area (TPSA) is 99.4 Å². The molecule has 0 radical (unpaired) electrons. The van der Waals surface area contributed by atoms with Crippen LogP contribution in [0, 0.1) is 5.92 Å². The van der Waals surface area contributed by atoms with Crippen molar-refractivity contribution in [2.24, 2.45) is 5.92 Å². The minimum atomic E-state index is -4.63. The summed E-state index contributed by atoms with van der Waals surface area (Å²) in [5.41, 5.74) is 0.754. The maximum absolute atomic E-state index is 12.8. The summed E-state index contributed by atoms with van der Waals surface area (Å²) in [7, 11) is 0. The second-order valence-electron chi connectivity index (χ2n) is 9.20. The minimum Gasteiger partial charge on any atom is -0.422 e. The molecule has 0 saturated heterocycles. The van der Waals surface area contributed by atoms with Crippen LogP contribution < -0.4 is 5.32 Å². The number of halogens is 4. The number of pyridine rings is 1. The van der Waals surface area contributed by atoms with Crippen LogP contribution in [0.4, 0.5) is 19.0 Å². The summed E-state index contributed by atoms with van der Waals surface area (Å²) in [6.07, 6.45) is -2.65. The van der Waals surface area contributed by atoms with E-state index >= 15 is 0 Å². The van der Waals surface area contributed by atoms with Crippen molar-refractivity contribution >= 4 is 34.2 Å². The molecule has 0 bridgehead atoms. The van der Waals surface area contributed by atoms with Crippen LogP contribution in [0.3, 0.4) is 0 Å². The van der Waals surface area contributed by atoms with E-state index < -0.39 is 12.5 Å². The van der Waals surface area contributed by atoms with Gasteiger partial charge >= 0.3 is 6.36 Å². The van der Waals surface area contributed by atoms with Gasteiger partial charge in [0.2, 0.25) is 17.7 Å². The highest BCUT2D eigenvalue weighted by Gasteiger charge is 2.40. The van der Waals surface area contributed by atoms with E-state index in [1.807, 2.05) is 18.2 Å². The average Bonchev–Trinajstić information content (AvgIpc) is 3.29. The molecule has 2 saturated carbocycles. The molecule has 2 aromatic heterocycles. The second-order valence-corrected chi connectivity index (χ2v) is 9.63. The number of aromatic nitrogens is 3. The fourth-order valence-corrected chi connectivity index (χ4v) is 4.80. The number of nitrogens with zero attached hydrogens (tertiary/aromatic N) is 3. The average molecular weight is 525 g/mol. The Kier molecular flexibility index (Phi) is 7.14. The molecule has 0 unspecified atom stereocenters. The molecule has 2 fully saturated rings. The zero-order chi connectivity index (χ0) is 25.3. The van der Waals surface area contributed by atoms with Crippen molar-refractivity contribution in [3.63, 3.8) is 0 Å². The molecule has 1 aromatic carbocycles. The summed E-state index contributed by atoms with van der Waals surface area (Å²) in [5.74, 6) is 1.12. The summed E-state index contributed by atoms with van der Waals surface area (Å²) in [6, 6.07) is 9.03. The van der Waals surface area contributed by atoms with Gasteiger partial charge in [-0.2, -0.15) is 0 Å². The largest absolute Gasteiger partial charge is 0.522 e. The maximum atomic E-state index is 12.8. The van der Waals surface area contributed by atoms with Crippen molar-refractivity contribution in [1.29, 1.82) is 0 Å². The van der Waals surface area contributed by atoms with E-state index in [-0.39, 0.29) is 49.2 Å². The summed E-state index contributed by atoms with van der Waals surface area (Å²) in [5, 5.41) is 12.5. The van der Waals surface area contributed by atoms with Crippen LogP contribution in [0.25, 0.3) is 10.9 Å². The van der Waals surface area contributed by atoms with Crippen molar-refractivity contribution in [1.82, 2.24) is 15.2 Å².